The van der Waals surface area contributed by atoms with Crippen LogP contribution in [0.15, 0.2) is 28.7 Å². The van der Waals surface area contributed by atoms with Crippen LogP contribution in [0.3, 0.4) is 0 Å². The van der Waals surface area contributed by atoms with E-state index in [-0.39, 0.29) is 0 Å². The van der Waals surface area contributed by atoms with Crippen molar-refractivity contribution in [2.75, 3.05) is 31.1 Å². The highest BCUT2D eigenvalue weighted by Gasteiger charge is 2.37. The molecule has 4 rings (SSSR count). The van der Waals surface area contributed by atoms with E-state index in [0.29, 0.717) is 0 Å². The van der Waals surface area contributed by atoms with Crippen molar-refractivity contribution >= 4 is 17.1 Å². The smallest absolute Gasteiger partial charge is 0.298 e. The van der Waals surface area contributed by atoms with Crippen molar-refractivity contribution in [3.05, 3.63) is 24.3 Å². The summed E-state index contributed by atoms with van der Waals surface area (Å²) in [5, 5.41) is 3.45. The lowest BCUT2D eigenvalue weighted by Gasteiger charge is -2.13. The molecule has 1 aromatic carbocycles. The Morgan fingerprint density at radius 1 is 1.18 bits per heavy atom. The fourth-order valence-corrected chi connectivity index (χ4v) is 3.01. The maximum Gasteiger partial charge on any atom is 0.298 e. The van der Waals surface area contributed by atoms with Crippen LogP contribution in [0.1, 0.15) is 0 Å². The van der Waals surface area contributed by atoms with E-state index in [4.69, 9.17) is 4.42 Å². The zero-order chi connectivity index (χ0) is 11.2. The summed E-state index contributed by atoms with van der Waals surface area (Å²) < 4.78 is 5.81. The number of benzene rings is 1. The van der Waals surface area contributed by atoms with Gasteiger partial charge in [-0.25, -0.2) is 0 Å². The maximum atomic E-state index is 5.81. The molecule has 2 aliphatic rings. The second kappa shape index (κ2) is 3.47. The molecule has 17 heavy (non-hydrogen) atoms. The lowest BCUT2D eigenvalue weighted by Crippen LogP contribution is -2.25. The van der Waals surface area contributed by atoms with Gasteiger partial charge in [0.1, 0.15) is 5.52 Å². The molecule has 88 valence electrons. The summed E-state index contributed by atoms with van der Waals surface area (Å²) in [4.78, 5) is 6.85. The number of fused-ring (bicyclic) bond motifs is 2. The Labute approximate surface area is 99.6 Å². The van der Waals surface area contributed by atoms with Gasteiger partial charge in [-0.05, 0) is 24.0 Å². The van der Waals surface area contributed by atoms with E-state index in [1.165, 1.54) is 0 Å². The molecule has 2 atom stereocenters. The van der Waals surface area contributed by atoms with Gasteiger partial charge >= 0.3 is 0 Å². The van der Waals surface area contributed by atoms with Gasteiger partial charge in [-0.3, -0.25) is 0 Å². The van der Waals surface area contributed by atoms with Gasteiger partial charge in [0.15, 0.2) is 5.58 Å². The molecular formula is C13H15N3O. The number of rotatable bonds is 1. The summed E-state index contributed by atoms with van der Waals surface area (Å²) in [6.45, 7) is 4.43. The minimum absolute atomic E-state index is 0.769. The van der Waals surface area contributed by atoms with Gasteiger partial charge in [-0.1, -0.05) is 12.1 Å². The van der Waals surface area contributed by atoms with Crippen molar-refractivity contribution < 1.29 is 4.42 Å². The average Bonchev–Trinajstić information content (AvgIpc) is 3.01. The Hall–Kier alpha value is -1.55. The number of oxazole rings is 1. The average molecular weight is 229 g/mol. The lowest BCUT2D eigenvalue weighted by atomic mass is 10.0. The van der Waals surface area contributed by atoms with E-state index in [1.807, 2.05) is 24.3 Å². The predicted molar refractivity (Wildman–Crippen MR) is 66.1 cm³/mol. The molecule has 0 bridgehead atoms. The van der Waals surface area contributed by atoms with Crippen LogP contribution in [-0.2, 0) is 0 Å². The quantitative estimate of drug-likeness (QED) is 0.804. The molecule has 1 N–H and O–H groups in total. The SMILES string of the molecule is c1ccc2oc(N3CC4CNCC4C3)nc2c1. The molecule has 3 heterocycles. The number of nitrogens with zero attached hydrogens (tertiary/aromatic N) is 2. The van der Waals surface area contributed by atoms with Crippen LogP contribution in [0.4, 0.5) is 6.01 Å². The molecule has 1 aromatic heterocycles. The molecule has 2 unspecified atom stereocenters. The van der Waals surface area contributed by atoms with Crippen molar-refractivity contribution in [1.29, 1.82) is 0 Å². The van der Waals surface area contributed by atoms with E-state index in [9.17, 15) is 0 Å². The summed E-state index contributed by atoms with van der Waals surface area (Å²) >= 11 is 0. The van der Waals surface area contributed by atoms with Gasteiger partial charge in [0.2, 0.25) is 0 Å². The van der Waals surface area contributed by atoms with Crippen LogP contribution in [-0.4, -0.2) is 31.2 Å². The fourth-order valence-electron chi connectivity index (χ4n) is 3.01. The van der Waals surface area contributed by atoms with Crippen molar-refractivity contribution in [3.63, 3.8) is 0 Å². The molecule has 2 saturated heterocycles. The molecule has 2 aromatic rings. The second-order valence-corrected chi connectivity index (χ2v) is 5.05. The molecule has 0 aliphatic carbocycles. The number of nitrogens with one attached hydrogen (secondary N) is 1. The van der Waals surface area contributed by atoms with Gasteiger partial charge in [0.05, 0.1) is 0 Å². The summed E-state index contributed by atoms with van der Waals surface area (Å²) in [6.07, 6.45) is 0. The Kier molecular flexibility index (Phi) is 1.93. The first-order chi connectivity index (χ1) is 8.40. The van der Waals surface area contributed by atoms with Crippen LogP contribution >= 0.6 is 0 Å². The molecule has 0 spiro atoms. The molecule has 4 nitrogen and oxygen atoms in total. The first-order valence-corrected chi connectivity index (χ1v) is 6.21. The van der Waals surface area contributed by atoms with Crippen LogP contribution in [0.5, 0.6) is 0 Å². The highest BCUT2D eigenvalue weighted by Crippen LogP contribution is 2.31. The van der Waals surface area contributed by atoms with E-state index in [1.54, 1.807) is 0 Å². The Morgan fingerprint density at radius 2 is 1.94 bits per heavy atom. The molecular weight excluding hydrogens is 214 g/mol. The zero-order valence-corrected chi connectivity index (χ0v) is 9.60. The standard InChI is InChI=1S/C13H15N3O/c1-2-4-12-11(3-1)15-13(17-12)16-7-9-5-14-6-10(9)8-16/h1-4,9-10,14H,5-8H2. The van der Waals surface area contributed by atoms with Crippen molar-refractivity contribution in [1.82, 2.24) is 10.3 Å². The van der Waals surface area contributed by atoms with Crippen molar-refractivity contribution in [2.24, 2.45) is 11.8 Å². The number of hydrogen-bond acceptors (Lipinski definition) is 4. The summed E-state index contributed by atoms with van der Waals surface area (Å²) in [5.41, 5.74) is 1.84. The molecule has 2 fully saturated rings. The second-order valence-electron chi connectivity index (χ2n) is 5.05. The van der Waals surface area contributed by atoms with Gasteiger partial charge in [-0.2, -0.15) is 4.98 Å². The molecule has 0 saturated carbocycles. The molecule has 0 amide bonds. The highest BCUT2D eigenvalue weighted by molar-refractivity contribution is 5.74. The predicted octanol–water partition coefficient (Wildman–Crippen LogP) is 1.48. The Bertz CT molecular complexity index is 505. The Balaban J connectivity index is 1.66. The van der Waals surface area contributed by atoms with E-state index in [0.717, 1.165) is 55.1 Å². The van der Waals surface area contributed by atoms with Gasteiger partial charge in [0.25, 0.3) is 6.01 Å². The zero-order valence-electron chi connectivity index (χ0n) is 9.60. The third-order valence-electron chi connectivity index (χ3n) is 3.94. The molecule has 0 radical (unpaired) electrons. The number of aromatic nitrogens is 1. The topological polar surface area (TPSA) is 41.3 Å². The van der Waals surface area contributed by atoms with Gasteiger partial charge < -0.3 is 14.6 Å². The van der Waals surface area contributed by atoms with E-state index >= 15 is 0 Å². The van der Waals surface area contributed by atoms with Crippen LogP contribution in [0.25, 0.3) is 11.1 Å². The van der Waals surface area contributed by atoms with Crippen LogP contribution in [0.2, 0.25) is 0 Å². The first-order valence-electron chi connectivity index (χ1n) is 6.21. The maximum absolute atomic E-state index is 5.81. The number of hydrogen-bond donors (Lipinski definition) is 1. The third kappa shape index (κ3) is 1.44. The highest BCUT2D eigenvalue weighted by atomic mass is 16.4. The minimum atomic E-state index is 0.769. The van der Waals surface area contributed by atoms with Gasteiger partial charge in [0, 0.05) is 26.2 Å². The van der Waals surface area contributed by atoms with E-state index in [2.05, 4.69) is 15.2 Å². The van der Waals surface area contributed by atoms with Crippen LogP contribution in [0, 0.1) is 11.8 Å². The normalized spacial score (nSPS) is 27.9. The van der Waals surface area contributed by atoms with Crippen molar-refractivity contribution in [2.45, 2.75) is 0 Å². The molecule has 4 heteroatoms. The van der Waals surface area contributed by atoms with Crippen LogP contribution < -0.4 is 10.2 Å². The van der Waals surface area contributed by atoms with Crippen molar-refractivity contribution in [3.8, 4) is 0 Å². The monoisotopic (exact) mass is 229 g/mol. The molecule has 2 aliphatic heterocycles. The Morgan fingerprint density at radius 3 is 2.71 bits per heavy atom. The number of para-hydroxylation sites is 2. The minimum Gasteiger partial charge on any atom is -0.423 e. The van der Waals surface area contributed by atoms with Gasteiger partial charge in [-0.15, -0.1) is 0 Å². The summed E-state index contributed by atoms with van der Waals surface area (Å²) in [6, 6.07) is 8.75. The third-order valence-corrected chi connectivity index (χ3v) is 3.94. The summed E-state index contributed by atoms with van der Waals surface area (Å²) in [7, 11) is 0. The lowest BCUT2D eigenvalue weighted by molar-refractivity contribution is 0.533. The summed E-state index contributed by atoms with van der Waals surface area (Å²) in [5.74, 6) is 1.54. The number of anilines is 1. The fraction of sp³-hybridized carbons (Fsp3) is 0.462. The largest absolute Gasteiger partial charge is 0.423 e. The first kappa shape index (κ1) is 9.48. The van der Waals surface area contributed by atoms with E-state index < -0.39 is 0 Å².